The van der Waals surface area contributed by atoms with Crippen LogP contribution in [0, 0.1) is 12.7 Å². The van der Waals surface area contributed by atoms with Crippen molar-refractivity contribution in [2.24, 2.45) is 0 Å². The van der Waals surface area contributed by atoms with Crippen LogP contribution in [0.1, 0.15) is 21.5 Å². The molecule has 0 radical (unpaired) electrons. The maximum absolute atomic E-state index is 13.4. The van der Waals surface area contributed by atoms with Gasteiger partial charge in [-0.05, 0) is 42.3 Å². The van der Waals surface area contributed by atoms with E-state index < -0.39 is 17.6 Å². The number of hydrogen-bond acceptors (Lipinski definition) is 2. The van der Waals surface area contributed by atoms with Gasteiger partial charge in [0.05, 0.1) is 5.56 Å². The fraction of sp³-hybridized carbons (Fsp3) is 0.0588. The summed E-state index contributed by atoms with van der Waals surface area (Å²) in [6.07, 6.45) is 2.79. The molecule has 2 N–H and O–H groups in total. The first kappa shape index (κ1) is 16.7. The van der Waals surface area contributed by atoms with Crippen molar-refractivity contribution in [3.05, 3.63) is 76.1 Å². The van der Waals surface area contributed by atoms with E-state index in [0.717, 1.165) is 17.2 Å². The third-order valence-corrected chi connectivity index (χ3v) is 3.45. The van der Waals surface area contributed by atoms with Gasteiger partial charge < -0.3 is 0 Å². The Balaban J connectivity index is 1.92. The van der Waals surface area contributed by atoms with Crippen molar-refractivity contribution in [2.45, 2.75) is 6.92 Å². The second-order valence-electron chi connectivity index (χ2n) is 4.77. The molecule has 0 unspecified atom stereocenters. The van der Waals surface area contributed by atoms with Crippen LogP contribution in [-0.4, -0.2) is 11.8 Å². The average molecular weight is 333 g/mol. The monoisotopic (exact) mass is 332 g/mol. The summed E-state index contributed by atoms with van der Waals surface area (Å²) in [7, 11) is 0. The van der Waals surface area contributed by atoms with Gasteiger partial charge in [-0.2, -0.15) is 0 Å². The highest BCUT2D eigenvalue weighted by atomic mass is 35.5. The number of halogens is 2. The minimum Gasteiger partial charge on any atom is -0.268 e. The molecule has 2 aromatic carbocycles. The summed E-state index contributed by atoms with van der Waals surface area (Å²) in [4.78, 5) is 23.4. The van der Waals surface area contributed by atoms with Crippen LogP contribution in [0.3, 0.4) is 0 Å². The van der Waals surface area contributed by atoms with Crippen molar-refractivity contribution < 1.29 is 14.0 Å². The molecule has 0 heterocycles. The Morgan fingerprint density at radius 1 is 1.13 bits per heavy atom. The lowest BCUT2D eigenvalue weighted by Gasteiger charge is -2.06. The van der Waals surface area contributed by atoms with Crippen LogP contribution < -0.4 is 10.9 Å². The molecule has 118 valence electrons. The average Bonchev–Trinajstić information content (AvgIpc) is 2.54. The van der Waals surface area contributed by atoms with Gasteiger partial charge >= 0.3 is 0 Å². The molecular weight excluding hydrogens is 319 g/mol. The van der Waals surface area contributed by atoms with Gasteiger partial charge in [-0.1, -0.05) is 35.9 Å². The first-order chi connectivity index (χ1) is 11.0. The lowest BCUT2D eigenvalue weighted by molar-refractivity contribution is -0.117. The molecule has 4 nitrogen and oxygen atoms in total. The van der Waals surface area contributed by atoms with E-state index in [0.29, 0.717) is 5.02 Å². The zero-order valence-corrected chi connectivity index (χ0v) is 13.0. The van der Waals surface area contributed by atoms with E-state index in [1.54, 1.807) is 12.1 Å². The number of hydrazine groups is 1. The third kappa shape index (κ3) is 4.66. The molecular formula is C17H14ClFN2O2. The van der Waals surface area contributed by atoms with Crippen molar-refractivity contribution >= 4 is 29.5 Å². The number of nitrogens with one attached hydrogen (secondary N) is 2. The Kier molecular flexibility index (Phi) is 5.49. The maximum Gasteiger partial charge on any atom is 0.272 e. The molecule has 2 rings (SSSR count). The van der Waals surface area contributed by atoms with E-state index in [4.69, 9.17) is 11.6 Å². The van der Waals surface area contributed by atoms with Gasteiger partial charge in [-0.25, -0.2) is 4.39 Å². The first-order valence-electron chi connectivity index (χ1n) is 6.76. The lowest BCUT2D eigenvalue weighted by Crippen LogP contribution is -2.41. The summed E-state index contributed by atoms with van der Waals surface area (Å²) in [5.74, 6) is -1.95. The minimum atomic E-state index is -0.733. The molecule has 0 saturated carbocycles. The molecule has 2 aromatic rings. The zero-order chi connectivity index (χ0) is 16.8. The molecule has 0 aliphatic rings. The summed E-state index contributed by atoms with van der Waals surface area (Å²) >= 11 is 5.99. The molecule has 0 fully saturated rings. The Morgan fingerprint density at radius 2 is 1.87 bits per heavy atom. The second kappa shape index (κ2) is 7.56. The number of hydrogen-bond donors (Lipinski definition) is 2. The fourth-order valence-electron chi connectivity index (χ4n) is 1.76. The van der Waals surface area contributed by atoms with Crippen LogP contribution in [0.4, 0.5) is 4.39 Å². The summed E-state index contributed by atoms with van der Waals surface area (Å²) in [6, 6.07) is 10.8. The van der Waals surface area contributed by atoms with E-state index in [1.165, 1.54) is 24.3 Å². The molecule has 0 aliphatic carbocycles. The van der Waals surface area contributed by atoms with Crippen molar-refractivity contribution in [1.82, 2.24) is 10.9 Å². The number of rotatable bonds is 3. The molecule has 0 aliphatic heterocycles. The van der Waals surface area contributed by atoms with E-state index in [1.807, 2.05) is 19.1 Å². The zero-order valence-electron chi connectivity index (χ0n) is 12.3. The first-order valence-corrected chi connectivity index (χ1v) is 7.14. The SMILES string of the molecule is Cc1ccc(/C=C/C(=O)NNC(=O)c2ccccc2F)cc1Cl. The highest BCUT2D eigenvalue weighted by molar-refractivity contribution is 6.31. The summed E-state index contributed by atoms with van der Waals surface area (Å²) < 4.78 is 13.4. The van der Waals surface area contributed by atoms with Crippen LogP contribution in [-0.2, 0) is 4.79 Å². The molecule has 2 amide bonds. The van der Waals surface area contributed by atoms with Crippen LogP contribution in [0.5, 0.6) is 0 Å². The topological polar surface area (TPSA) is 58.2 Å². The predicted octanol–water partition coefficient (Wildman–Crippen LogP) is 3.26. The summed E-state index contributed by atoms with van der Waals surface area (Å²) in [5, 5.41) is 0.598. The molecule has 0 atom stereocenters. The fourth-order valence-corrected chi connectivity index (χ4v) is 1.95. The standard InChI is InChI=1S/C17H14ClFN2O2/c1-11-6-7-12(10-14(11)18)8-9-16(22)20-21-17(23)13-4-2-3-5-15(13)19/h2-10H,1H3,(H,20,22)(H,21,23)/b9-8+. The van der Waals surface area contributed by atoms with Gasteiger partial charge in [0.15, 0.2) is 0 Å². The highest BCUT2D eigenvalue weighted by Gasteiger charge is 2.10. The van der Waals surface area contributed by atoms with Crippen LogP contribution in [0.2, 0.25) is 5.02 Å². The van der Waals surface area contributed by atoms with Crippen molar-refractivity contribution in [3.63, 3.8) is 0 Å². The van der Waals surface area contributed by atoms with E-state index in [9.17, 15) is 14.0 Å². The minimum absolute atomic E-state index is 0.151. The number of carbonyl (C=O) groups excluding carboxylic acids is 2. The van der Waals surface area contributed by atoms with Crippen molar-refractivity contribution in [3.8, 4) is 0 Å². The molecule has 0 saturated heterocycles. The van der Waals surface area contributed by atoms with Gasteiger partial charge in [0.25, 0.3) is 11.8 Å². The van der Waals surface area contributed by atoms with Gasteiger partial charge in [0.2, 0.25) is 0 Å². The Labute approximate surface area is 137 Å². The van der Waals surface area contributed by atoms with E-state index >= 15 is 0 Å². The number of benzene rings is 2. The van der Waals surface area contributed by atoms with Gasteiger partial charge in [0.1, 0.15) is 5.82 Å². The Morgan fingerprint density at radius 3 is 2.57 bits per heavy atom. The summed E-state index contributed by atoms with van der Waals surface area (Å²) in [6.45, 7) is 1.88. The van der Waals surface area contributed by atoms with Gasteiger partial charge in [-0.15, -0.1) is 0 Å². The quantitative estimate of drug-likeness (QED) is 0.669. The van der Waals surface area contributed by atoms with Crippen molar-refractivity contribution in [1.29, 1.82) is 0 Å². The molecule has 0 bridgehead atoms. The smallest absolute Gasteiger partial charge is 0.268 e. The summed E-state index contributed by atoms with van der Waals surface area (Å²) in [5.41, 5.74) is 5.85. The van der Waals surface area contributed by atoms with Crippen LogP contribution >= 0.6 is 11.6 Å². The van der Waals surface area contributed by atoms with E-state index in [-0.39, 0.29) is 5.56 Å². The Hall–Kier alpha value is -2.66. The third-order valence-electron chi connectivity index (χ3n) is 3.04. The number of amides is 2. The van der Waals surface area contributed by atoms with Crippen LogP contribution in [0.15, 0.2) is 48.5 Å². The molecule has 6 heteroatoms. The molecule has 0 aromatic heterocycles. The normalized spacial score (nSPS) is 10.6. The van der Waals surface area contributed by atoms with Gasteiger partial charge in [0, 0.05) is 11.1 Å². The maximum atomic E-state index is 13.4. The number of carbonyl (C=O) groups is 2. The van der Waals surface area contributed by atoms with Crippen LogP contribution in [0.25, 0.3) is 6.08 Å². The van der Waals surface area contributed by atoms with E-state index in [2.05, 4.69) is 10.9 Å². The largest absolute Gasteiger partial charge is 0.272 e. The number of aryl methyl sites for hydroxylation is 1. The predicted molar refractivity (Wildman–Crippen MR) is 87.2 cm³/mol. The van der Waals surface area contributed by atoms with Crippen molar-refractivity contribution in [2.75, 3.05) is 0 Å². The van der Waals surface area contributed by atoms with Gasteiger partial charge in [-0.3, -0.25) is 20.4 Å². The second-order valence-corrected chi connectivity index (χ2v) is 5.17. The highest BCUT2D eigenvalue weighted by Crippen LogP contribution is 2.17. The molecule has 0 spiro atoms. The Bertz CT molecular complexity index is 775. The molecule has 23 heavy (non-hydrogen) atoms. The lowest BCUT2D eigenvalue weighted by atomic mass is 10.1.